The number of anilines is 2. The molecule has 13 heteroatoms. The molecule has 0 bridgehead atoms. The third kappa shape index (κ3) is 5.20. The number of nitrogens with zero attached hydrogens (tertiary/aromatic N) is 1. The summed E-state index contributed by atoms with van der Waals surface area (Å²) in [5, 5.41) is 5.09. The molecule has 1 aliphatic rings. The van der Waals surface area contributed by atoms with E-state index in [0.29, 0.717) is 3.57 Å². The van der Waals surface area contributed by atoms with Gasteiger partial charge in [-0.15, -0.1) is 23.2 Å². The first kappa shape index (κ1) is 25.9. The molecule has 182 valence electrons. The predicted molar refractivity (Wildman–Crippen MR) is 132 cm³/mol. The molecule has 2 atom stereocenters. The third-order valence-electron chi connectivity index (χ3n) is 5.22. The quantitative estimate of drug-likeness (QED) is 0.139. The average Bonchev–Trinajstić information content (AvgIpc) is 3.37. The smallest absolute Gasteiger partial charge is 0.258 e. The number of halogens is 8. The molecular weight excluding hydrogens is 648 g/mol. The van der Waals surface area contributed by atoms with E-state index in [4.69, 9.17) is 34.8 Å². The van der Waals surface area contributed by atoms with Crippen molar-refractivity contribution in [3.05, 3.63) is 85.6 Å². The zero-order valence-electron chi connectivity index (χ0n) is 17.0. The molecule has 1 fully saturated rings. The Labute approximate surface area is 224 Å². The number of hydrogen-bond acceptors (Lipinski definition) is 3. The maximum absolute atomic E-state index is 13.6. The SMILES string of the molecule is O=C(Nc1ncc(F)cc1I)c1cc(NC(=O)[C@H]2[C@H](c3cc(F)c(F)c(F)c3)C2(Cl)Cl)ccc1Cl. The molecule has 0 saturated heterocycles. The summed E-state index contributed by atoms with van der Waals surface area (Å²) in [6, 6.07) is 6.69. The van der Waals surface area contributed by atoms with Crippen molar-refractivity contribution in [2.45, 2.75) is 10.3 Å². The number of aromatic nitrogens is 1. The summed E-state index contributed by atoms with van der Waals surface area (Å²) in [4.78, 5) is 29.3. The second kappa shape index (κ2) is 9.72. The zero-order valence-corrected chi connectivity index (χ0v) is 21.4. The average molecular weight is 659 g/mol. The summed E-state index contributed by atoms with van der Waals surface area (Å²) in [6.45, 7) is 0. The van der Waals surface area contributed by atoms with Crippen LogP contribution in [0.5, 0.6) is 0 Å². The van der Waals surface area contributed by atoms with Gasteiger partial charge in [-0.05, 0) is 64.6 Å². The third-order valence-corrected chi connectivity index (χ3v) is 7.31. The maximum Gasteiger partial charge on any atom is 0.258 e. The summed E-state index contributed by atoms with van der Waals surface area (Å²) in [5.41, 5.74) is 0.0473. The zero-order chi connectivity index (χ0) is 25.7. The Hall–Kier alpha value is -2.15. The van der Waals surface area contributed by atoms with Crippen molar-refractivity contribution in [2.24, 2.45) is 5.92 Å². The lowest BCUT2D eigenvalue weighted by molar-refractivity contribution is -0.117. The molecule has 4 rings (SSSR count). The Morgan fingerprint density at radius 2 is 1.66 bits per heavy atom. The predicted octanol–water partition coefficient (Wildman–Crippen LogP) is 6.67. The largest absolute Gasteiger partial charge is 0.326 e. The first-order valence-corrected chi connectivity index (χ1v) is 11.9. The minimum atomic E-state index is -1.70. The molecule has 0 unspecified atom stereocenters. The van der Waals surface area contributed by atoms with E-state index < -0.39 is 51.3 Å². The molecule has 2 N–H and O–H groups in total. The first-order chi connectivity index (χ1) is 16.4. The summed E-state index contributed by atoms with van der Waals surface area (Å²) >= 11 is 20.3. The molecule has 1 heterocycles. The number of pyridine rings is 1. The van der Waals surface area contributed by atoms with Crippen LogP contribution >= 0.6 is 57.4 Å². The molecule has 35 heavy (non-hydrogen) atoms. The Morgan fingerprint density at radius 1 is 1.00 bits per heavy atom. The van der Waals surface area contributed by atoms with E-state index in [1.807, 2.05) is 0 Å². The topological polar surface area (TPSA) is 71.1 Å². The van der Waals surface area contributed by atoms with Gasteiger partial charge in [0.25, 0.3) is 5.91 Å². The van der Waals surface area contributed by atoms with E-state index in [-0.39, 0.29) is 27.7 Å². The van der Waals surface area contributed by atoms with E-state index in [1.165, 1.54) is 24.3 Å². The molecule has 2 amide bonds. The highest BCUT2D eigenvalue weighted by Gasteiger charge is 2.67. The Morgan fingerprint density at radius 3 is 2.29 bits per heavy atom. The molecular formula is C22H11Cl3F4IN3O2. The van der Waals surface area contributed by atoms with Crippen LogP contribution in [-0.2, 0) is 4.79 Å². The van der Waals surface area contributed by atoms with Gasteiger partial charge in [-0.2, -0.15) is 0 Å². The first-order valence-electron chi connectivity index (χ1n) is 9.65. The lowest BCUT2D eigenvalue weighted by Gasteiger charge is -2.11. The van der Waals surface area contributed by atoms with Crippen molar-refractivity contribution in [1.82, 2.24) is 4.98 Å². The molecule has 1 aromatic heterocycles. The maximum atomic E-state index is 13.6. The summed E-state index contributed by atoms with van der Waals surface area (Å²) in [5.74, 6) is -8.48. The second-order valence-corrected chi connectivity index (χ2v) is 10.6. The van der Waals surface area contributed by atoms with Crippen molar-refractivity contribution < 1.29 is 27.2 Å². The van der Waals surface area contributed by atoms with Crippen LogP contribution in [0.3, 0.4) is 0 Å². The normalized spacial score (nSPS) is 18.2. The molecule has 0 spiro atoms. The van der Waals surface area contributed by atoms with Crippen molar-refractivity contribution in [3.8, 4) is 0 Å². The monoisotopic (exact) mass is 657 g/mol. The van der Waals surface area contributed by atoms with Gasteiger partial charge in [0.15, 0.2) is 17.5 Å². The summed E-state index contributed by atoms with van der Waals surface area (Å²) in [6.07, 6.45) is 0.936. The van der Waals surface area contributed by atoms with Gasteiger partial charge in [-0.1, -0.05) is 11.6 Å². The lowest BCUT2D eigenvalue weighted by Crippen LogP contribution is -2.18. The summed E-state index contributed by atoms with van der Waals surface area (Å²) in [7, 11) is 0. The lowest BCUT2D eigenvalue weighted by atomic mass is 10.1. The van der Waals surface area contributed by atoms with E-state index in [9.17, 15) is 27.2 Å². The fraction of sp³-hybridized carbons (Fsp3) is 0.136. The van der Waals surface area contributed by atoms with Gasteiger partial charge in [-0.25, -0.2) is 22.5 Å². The molecule has 0 radical (unpaired) electrons. The van der Waals surface area contributed by atoms with Gasteiger partial charge in [0.2, 0.25) is 5.91 Å². The van der Waals surface area contributed by atoms with Crippen LogP contribution in [-0.4, -0.2) is 21.1 Å². The highest BCUT2D eigenvalue weighted by molar-refractivity contribution is 14.1. The number of amides is 2. The van der Waals surface area contributed by atoms with Crippen LogP contribution in [0.25, 0.3) is 0 Å². The van der Waals surface area contributed by atoms with Gasteiger partial charge < -0.3 is 10.6 Å². The molecule has 0 aliphatic heterocycles. The van der Waals surface area contributed by atoms with Crippen LogP contribution in [0.1, 0.15) is 21.8 Å². The number of alkyl halides is 2. The molecule has 3 aromatic rings. The fourth-order valence-electron chi connectivity index (χ4n) is 3.50. The number of benzene rings is 2. The minimum absolute atomic E-state index is 0.0237. The molecule has 1 saturated carbocycles. The van der Waals surface area contributed by atoms with Gasteiger partial charge in [0, 0.05) is 11.6 Å². The summed E-state index contributed by atoms with van der Waals surface area (Å²) < 4.78 is 52.5. The Balaban J connectivity index is 1.52. The Kier molecular flexibility index (Phi) is 7.20. The van der Waals surface area contributed by atoms with E-state index in [0.717, 1.165) is 18.3 Å². The number of rotatable bonds is 5. The van der Waals surface area contributed by atoms with Crippen molar-refractivity contribution in [1.29, 1.82) is 0 Å². The number of hydrogen-bond donors (Lipinski definition) is 2. The number of nitrogens with one attached hydrogen (secondary N) is 2. The van der Waals surface area contributed by atoms with Crippen LogP contribution < -0.4 is 10.6 Å². The number of carbonyl (C=O) groups is 2. The van der Waals surface area contributed by atoms with Gasteiger partial charge in [0.05, 0.1) is 26.3 Å². The van der Waals surface area contributed by atoms with Gasteiger partial charge >= 0.3 is 0 Å². The van der Waals surface area contributed by atoms with Crippen LogP contribution in [0.2, 0.25) is 5.02 Å². The van der Waals surface area contributed by atoms with E-state index in [1.54, 1.807) is 22.6 Å². The van der Waals surface area contributed by atoms with Crippen molar-refractivity contribution in [3.63, 3.8) is 0 Å². The van der Waals surface area contributed by atoms with Crippen LogP contribution in [0.15, 0.2) is 42.6 Å². The molecule has 1 aliphatic carbocycles. The molecule has 5 nitrogen and oxygen atoms in total. The highest BCUT2D eigenvalue weighted by Crippen LogP contribution is 2.65. The second-order valence-electron chi connectivity index (χ2n) is 7.55. The minimum Gasteiger partial charge on any atom is -0.326 e. The van der Waals surface area contributed by atoms with Crippen LogP contribution in [0.4, 0.5) is 29.1 Å². The Bertz CT molecular complexity index is 1350. The molecule has 2 aromatic carbocycles. The highest BCUT2D eigenvalue weighted by atomic mass is 127. The van der Waals surface area contributed by atoms with Crippen molar-refractivity contribution >= 4 is 80.7 Å². The van der Waals surface area contributed by atoms with Gasteiger partial charge in [0.1, 0.15) is 16.0 Å². The standard InChI is InChI=1S/C22H11Cl3F4IN3O2/c23-12-2-1-10(6-11(12)20(34)33-19-15(30)5-9(26)7-31-19)32-21(35)17-16(22(17,24)25)8-3-13(27)18(29)14(28)4-8/h1-7,16-17H,(H,32,35)(H,31,33,34)/t16-,17+/m0/s1. The van der Waals surface area contributed by atoms with Crippen molar-refractivity contribution in [2.75, 3.05) is 10.6 Å². The van der Waals surface area contributed by atoms with E-state index >= 15 is 0 Å². The fourth-order valence-corrected chi connectivity index (χ4v) is 5.10. The van der Waals surface area contributed by atoms with E-state index in [2.05, 4.69) is 15.6 Å². The van der Waals surface area contributed by atoms with Crippen LogP contribution in [0, 0.1) is 32.8 Å². The van der Waals surface area contributed by atoms with Gasteiger partial charge in [-0.3, -0.25) is 9.59 Å². The number of carbonyl (C=O) groups excluding carboxylic acids is 2.